The van der Waals surface area contributed by atoms with Crippen molar-refractivity contribution in [3.8, 4) is 0 Å². The molecule has 0 aromatic heterocycles. The molecule has 0 radical (unpaired) electrons. The lowest BCUT2D eigenvalue weighted by Crippen LogP contribution is -2.25. The minimum absolute atomic E-state index is 0.224. The first-order chi connectivity index (χ1) is 5.94. The van der Waals surface area contributed by atoms with E-state index in [9.17, 15) is 4.79 Å². The zero-order valence-electron chi connectivity index (χ0n) is 9.09. The first kappa shape index (κ1) is 12.2. The quantitative estimate of drug-likeness (QED) is 0.485. The Morgan fingerprint density at radius 1 is 1.62 bits per heavy atom. The Balaban J connectivity index is 3.93. The number of carbonyl (C=O) groups is 1. The molecular formula is C11H20O2. The van der Waals surface area contributed by atoms with Gasteiger partial charge >= 0.3 is 5.97 Å². The molecule has 1 atom stereocenters. The number of hydrogen-bond acceptors (Lipinski definition) is 2. The second-order valence-electron chi connectivity index (χ2n) is 4.08. The van der Waals surface area contributed by atoms with Crippen LogP contribution in [0.4, 0.5) is 0 Å². The molecule has 2 nitrogen and oxygen atoms in total. The molecule has 0 aromatic rings. The van der Waals surface area contributed by atoms with Crippen molar-refractivity contribution >= 4 is 5.97 Å². The van der Waals surface area contributed by atoms with Crippen molar-refractivity contribution in [1.82, 2.24) is 0 Å². The fourth-order valence-electron chi connectivity index (χ4n) is 0.840. The van der Waals surface area contributed by atoms with Gasteiger partial charge < -0.3 is 4.74 Å². The van der Waals surface area contributed by atoms with Gasteiger partial charge in [0.2, 0.25) is 0 Å². The largest absolute Gasteiger partial charge is 0.462 e. The van der Waals surface area contributed by atoms with E-state index in [4.69, 9.17) is 4.74 Å². The molecule has 0 fully saturated rings. The number of rotatable bonds is 5. The van der Waals surface area contributed by atoms with Crippen molar-refractivity contribution in [2.75, 3.05) is 6.61 Å². The minimum Gasteiger partial charge on any atom is -0.462 e. The maximum Gasteiger partial charge on any atom is 0.330 e. The van der Waals surface area contributed by atoms with E-state index < -0.39 is 0 Å². The van der Waals surface area contributed by atoms with E-state index in [2.05, 4.69) is 34.3 Å². The number of ether oxygens (including phenoxy) is 1. The van der Waals surface area contributed by atoms with Gasteiger partial charge in [0.1, 0.15) is 0 Å². The van der Waals surface area contributed by atoms with Crippen molar-refractivity contribution in [1.29, 1.82) is 0 Å². The van der Waals surface area contributed by atoms with E-state index in [0.717, 1.165) is 6.42 Å². The SMILES string of the molecule is C=CC(=O)OCC(C)C(C)(C)CC. The van der Waals surface area contributed by atoms with Gasteiger partial charge in [0.25, 0.3) is 0 Å². The molecule has 76 valence electrons. The lowest BCUT2D eigenvalue weighted by Gasteiger charge is -2.29. The Kier molecular flexibility index (Phi) is 4.74. The van der Waals surface area contributed by atoms with Crippen molar-refractivity contribution in [2.24, 2.45) is 11.3 Å². The Labute approximate surface area is 81.0 Å². The number of carbonyl (C=O) groups excluding carboxylic acids is 1. The van der Waals surface area contributed by atoms with E-state index in [-0.39, 0.29) is 11.4 Å². The van der Waals surface area contributed by atoms with Crippen LogP contribution in [0.3, 0.4) is 0 Å². The molecule has 0 heterocycles. The van der Waals surface area contributed by atoms with Crippen LogP contribution in [0.2, 0.25) is 0 Å². The summed E-state index contributed by atoms with van der Waals surface area (Å²) >= 11 is 0. The third-order valence-electron chi connectivity index (χ3n) is 2.89. The van der Waals surface area contributed by atoms with Gasteiger partial charge in [-0.25, -0.2) is 4.79 Å². The molecule has 2 heteroatoms. The summed E-state index contributed by atoms with van der Waals surface area (Å²) in [5.74, 6) is 0.0418. The molecule has 0 N–H and O–H groups in total. The summed E-state index contributed by atoms with van der Waals surface area (Å²) < 4.78 is 4.98. The zero-order valence-corrected chi connectivity index (χ0v) is 9.09. The fourth-order valence-corrected chi connectivity index (χ4v) is 0.840. The highest BCUT2D eigenvalue weighted by Gasteiger charge is 2.24. The molecule has 0 aromatic carbocycles. The Bertz CT molecular complexity index is 183. The smallest absolute Gasteiger partial charge is 0.330 e. The highest BCUT2D eigenvalue weighted by molar-refractivity contribution is 5.81. The van der Waals surface area contributed by atoms with Gasteiger partial charge in [-0.2, -0.15) is 0 Å². The predicted molar refractivity (Wildman–Crippen MR) is 54.4 cm³/mol. The lowest BCUT2D eigenvalue weighted by atomic mass is 9.78. The summed E-state index contributed by atoms with van der Waals surface area (Å²) in [5.41, 5.74) is 0.224. The van der Waals surface area contributed by atoms with Gasteiger partial charge in [0.15, 0.2) is 0 Å². The maximum absolute atomic E-state index is 10.8. The highest BCUT2D eigenvalue weighted by Crippen LogP contribution is 2.30. The van der Waals surface area contributed by atoms with Gasteiger partial charge in [-0.15, -0.1) is 0 Å². The van der Waals surface area contributed by atoms with Gasteiger partial charge in [0.05, 0.1) is 6.61 Å². The highest BCUT2D eigenvalue weighted by atomic mass is 16.5. The topological polar surface area (TPSA) is 26.3 Å². The molecule has 1 unspecified atom stereocenters. The van der Waals surface area contributed by atoms with E-state index >= 15 is 0 Å². The molecule has 0 bridgehead atoms. The number of esters is 1. The third kappa shape index (κ3) is 4.11. The van der Waals surface area contributed by atoms with Gasteiger partial charge in [0, 0.05) is 6.08 Å². The first-order valence-electron chi connectivity index (χ1n) is 4.73. The fraction of sp³-hybridized carbons (Fsp3) is 0.727. The maximum atomic E-state index is 10.8. The molecule has 0 spiro atoms. The van der Waals surface area contributed by atoms with Crippen LogP contribution >= 0.6 is 0 Å². The molecule has 13 heavy (non-hydrogen) atoms. The molecule has 0 aliphatic heterocycles. The summed E-state index contributed by atoms with van der Waals surface area (Å²) in [6.45, 7) is 12.4. The standard InChI is InChI=1S/C11H20O2/c1-6-10(12)13-8-9(3)11(4,5)7-2/h6,9H,1,7-8H2,2-5H3. The summed E-state index contributed by atoms with van der Waals surface area (Å²) in [7, 11) is 0. The second-order valence-corrected chi connectivity index (χ2v) is 4.08. The molecular weight excluding hydrogens is 164 g/mol. The molecule has 0 saturated carbocycles. The van der Waals surface area contributed by atoms with Crippen LogP contribution < -0.4 is 0 Å². The van der Waals surface area contributed by atoms with Crippen molar-refractivity contribution in [3.05, 3.63) is 12.7 Å². The summed E-state index contributed by atoms with van der Waals surface area (Å²) in [6, 6.07) is 0. The average molecular weight is 184 g/mol. The Morgan fingerprint density at radius 3 is 2.54 bits per heavy atom. The van der Waals surface area contributed by atoms with Crippen molar-refractivity contribution < 1.29 is 9.53 Å². The van der Waals surface area contributed by atoms with Gasteiger partial charge in [-0.1, -0.05) is 40.7 Å². The first-order valence-corrected chi connectivity index (χ1v) is 4.73. The van der Waals surface area contributed by atoms with Crippen LogP contribution in [0, 0.1) is 11.3 Å². The Hall–Kier alpha value is -0.790. The molecule has 0 saturated heterocycles. The predicted octanol–water partition coefficient (Wildman–Crippen LogP) is 2.79. The molecule has 0 amide bonds. The van der Waals surface area contributed by atoms with Crippen molar-refractivity contribution in [3.63, 3.8) is 0 Å². The van der Waals surface area contributed by atoms with Crippen LogP contribution in [0.15, 0.2) is 12.7 Å². The zero-order chi connectivity index (χ0) is 10.5. The Morgan fingerprint density at radius 2 is 2.15 bits per heavy atom. The summed E-state index contributed by atoms with van der Waals surface area (Å²) in [4.78, 5) is 10.8. The number of hydrogen-bond donors (Lipinski definition) is 0. The molecule has 0 aliphatic rings. The van der Waals surface area contributed by atoms with E-state index in [1.54, 1.807) is 0 Å². The van der Waals surface area contributed by atoms with Crippen LogP contribution in [-0.2, 0) is 9.53 Å². The van der Waals surface area contributed by atoms with Crippen LogP contribution in [0.5, 0.6) is 0 Å². The van der Waals surface area contributed by atoms with E-state index in [0.29, 0.717) is 12.5 Å². The monoisotopic (exact) mass is 184 g/mol. The van der Waals surface area contributed by atoms with Crippen molar-refractivity contribution in [2.45, 2.75) is 34.1 Å². The molecule has 0 aliphatic carbocycles. The lowest BCUT2D eigenvalue weighted by molar-refractivity contribution is -0.140. The summed E-state index contributed by atoms with van der Waals surface area (Å²) in [5, 5.41) is 0. The minimum atomic E-state index is -0.334. The average Bonchev–Trinajstić information content (AvgIpc) is 2.13. The second kappa shape index (κ2) is 5.05. The molecule has 0 rings (SSSR count). The normalized spacial score (nSPS) is 13.5. The van der Waals surface area contributed by atoms with E-state index in [1.165, 1.54) is 6.08 Å². The summed E-state index contributed by atoms with van der Waals surface area (Å²) in [6.07, 6.45) is 2.28. The van der Waals surface area contributed by atoms with Crippen LogP contribution in [-0.4, -0.2) is 12.6 Å². The van der Waals surface area contributed by atoms with E-state index in [1.807, 2.05) is 0 Å². The van der Waals surface area contributed by atoms with Crippen LogP contribution in [0.1, 0.15) is 34.1 Å². The van der Waals surface area contributed by atoms with Crippen LogP contribution in [0.25, 0.3) is 0 Å². The van der Waals surface area contributed by atoms with Gasteiger partial charge in [-0.3, -0.25) is 0 Å². The third-order valence-corrected chi connectivity index (χ3v) is 2.89. The van der Waals surface area contributed by atoms with Gasteiger partial charge in [-0.05, 0) is 11.3 Å².